The normalized spacial score (nSPS) is 19.6. The molecule has 1 saturated heterocycles. The molecule has 1 aliphatic heterocycles. The van der Waals surface area contributed by atoms with Crippen molar-refractivity contribution >= 4 is 0 Å². The molecular weight excluding hydrogens is 200 g/mol. The molecule has 0 aromatic carbocycles. The predicted molar refractivity (Wildman–Crippen MR) is 64.2 cm³/mol. The maximum atomic E-state index is 5.35. The molecule has 3 nitrogen and oxygen atoms in total. The summed E-state index contributed by atoms with van der Waals surface area (Å²) in [5.41, 5.74) is 1.26. The van der Waals surface area contributed by atoms with E-state index >= 15 is 0 Å². The van der Waals surface area contributed by atoms with E-state index in [1.54, 1.807) is 0 Å². The van der Waals surface area contributed by atoms with Gasteiger partial charge in [-0.2, -0.15) is 0 Å². The number of nitrogens with zero attached hydrogens (tertiary/aromatic N) is 1. The quantitative estimate of drug-likeness (QED) is 0.844. The van der Waals surface area contributed by atoms with Gasteiger partial charge in [-0.05, 0) is 43.9 Å². The van der Waals surface area contributed by atoms with Crippen molar-refractivity contribution in [2.24, 2.45) is 5.92 Å². The molecule has 0 bridgehead atoms. The van der Waals surface area contributed by atoms with E-state index in [9.17, 15) is 0 Å². The van der Waals surface area contributed by atoms with E-state index < -0.39 is 0 Å². The van der Waals surface area contributed by atoms with Crippen LogP contribution in [0.4, 0.5) is 0 Å². The summed E-state index contributed by atoms with van der Waals surface area (Å²) in [5.74, 6) is 0.771. The van der Waals surface area contributed by atoms with Gasteiger partial charge in [0.05, 0.1) is 0 Å². The molecule has 0 unspecified atom stereocenters. The van der Waals surface area contributed by atoms with Gasteiger partial charge in [0.15, 0.2) is 0 Å². The molecular formula is C13H20N2O. The highest BCUT2D eigenvalue weighted by Crippen LogP contribution is 2.16. The topological polar surface area (TPSA) is 34.1 Å². The molecule has 2 heterocycles. The van der Waals surface area contributed by atoms with E-state index in [2.05, 4.69) is 23.3 Å². The number of aromatic nitrogens is 1. The maximum absolute atomic E-state index is 5.35. The summed E-state index contributed by atoms with van der Waals surface area (Å²) in [4.78, 5) is 4.14. The summed E-state index contributed by atoms with van der Waals surface area (Å²) >= 11 is 0. The van der Waals surface area contributed by atoms with E-state index in [-0.39, 0.29) is 0 Å². The fraction of sp³-hybridized carbons (Fsp3) is 0.615. The Morgan fingerprint density at radius 2 is 2.31 bits per heavy atom. The van der Waals surface area contributed by atoms with E-state index in [1.807, 2.05) is 18.5 Å². The Kier molecular flexibility index (Phi) is 4.31. The third-order valence-electron chi connectivity index (χ3n) is 3.24. The first kappa shape index (κ1) is 11.6. The molecule has 1 aromatic heterocycles. The van der Waals surface area contributed by atoms with Gasteiger partial charge in [-0.25, -0.2) is 0 Å². The van der Waals surface area contributed by atoms with Crippen LogP contribution in [0.3, 0.4) is 0 Å². The lowest BCUT2D eigenvalue weighted by atomic mass is 9.99. The molecule has 0 spiro atoms. The lowest BCUT2D eigenvalue weighted by Crippen LogP contribution is -2.29. The fourth-order valence-electron chi connectivity index (χ4n) is 2.04. The van der Waals surface area contributed by atoms with Gasteiger partial charge in [0.25, 0.3) is 0 Å². The molecule has 16 heavy (non-hydrogen) atoms. The number of ether oxygens (including phenoxy) is 1. The zero-order chi connectivity index (χ0) is 11.2. The van der Waals surface area contributed by atoms with Crippen molar-refractivity contribution in [1.82, 2.24) is 10.3 Å². The van der Waals surface area contributed by atoms with Gasteiger partial charge < -0.3 is 10.1 Å². The minimum atomic E-state index is 0.386. The second kappa shape index (κ2) is 5.97. The van der Waals surface area contributed by atoms with Crippen molar-refractivity contribution in [3.8, 4) is 0 Å². The van der Waals surface area contributed by atoms with E-state index in [0.717, 1.165) is 25.7 Å². The molecule has 0 saturated carbocycles. The van der Waals surface area contributed by atoms with Crippen molar-refractivity contribution in [2.45, 2.75) is 25.8 Å². The van der Waals surface area contributed by atoms with Crippen molar-refractivity contribution in [3.63, 3.8) is 0 Å². The molecule has 2 rings (SSSR count). The Labute approximate surface area is 97.2 Å². The van der Waals surface area contributed by atoms with Crippen LogP contribution in [-0.2, 0) is 4.74 Å². The molecule has 1 N–H and O–H groups in total. The van der Waals surface area contributed by atoms with Gasteiger partial charge in [0, 0.05) is 31.6 Å². The molecule has 0 aliphatic carbocycles. The van der Waals surface area contributed by atoms with Crippen molar-refractivity contribution < 1.29 is 4.74 Å². The molecule has 1 aliphatic rings. The second-order valence-electron chi connectivity index (χ2n) is 4.47. The highest BCUT2D eigenvalue weighted by molar-refractivity contribution is 5.12. The summed E-state index contributed by atoms with van der Waals surface area (Å²) in [5, 5.41) is 3.57. The summed E-state index contributed by atoms with van der Waals surface area (Å²) in [6.07, 6.45) is 6.12. The summed E-state index contributed by atoms with van der Waals surface area (Å²) in [7, 11) is 0. The SMILES string of the molecule is C[C@@H](NCC1CCOCC1)c1cccnc1. The van der Waals surface area contributed by atoms with Crippen LogP contribution in [-0.4, -0.2) is 24.7 Å². The standard InChI is InChI=1S/C13H20N2O/c1-11(13-3-2-6-14-10-13)15-9-12-4-7-16-8-5-12/h2-3,6,10-12,15H,4-5,7-9H2,1H3/t11-/m1/s1. The summed E-state index contributed by atoms with van der Waals surface area (Å²) < 4.78 is 5.35. The predicted octanol–water partition coefficient (Wildman–Crippen LogP) is 2.16. The molecule has 1 atom stereocenters. The average Bonchev–Trinajstić information content (AvgIpc) is 2.38. The third-order valence-corrected chi connectivity index (χ3v) is 3.24. The maximum Gasteiger partial charge on any atom is 0.0469 e. The molecule has 1 fully saturated rings. The minimum Gasteiger partial charge on any atom is -0.381 e. The van der Waals surface area contributed by atoms with Gasteiger partial charge in [0.2, 0.25) is 0 Å². The Morgan fingerprint density at radius 3 is 3.00 bits per heavy atom. The molecule has 1 aromatic rings. The van der Waals surface area contributed by atoms with E-state index in [4.69, 9.17) is 4.74 Å². The fourth-order valence-corrected chi connectivity index (χ4v) is 2.04. The number of nitrogens with one attached hydrogen (secondary N) is 1. The van der Waals surface area contributed by atoms with Crippen LogP contribution in [0.25, 0.3) is 0 Å². The molecule has 0 amide bonds. The zero-order valence-electron chi connectivity index (χ0n) is 9.86. The number of rotatable bonds is 4. The van der Waals surface area contributed by atoms with Gasteiger partial charge in [0.1, 0.15) is 0 Å². The Morgan fingerprint density at radius 1 is 1.50 bits per heavy atom. The number of hydrogen-bond donors (Lipinski definition) is 1. The van der Waals surface area contributed by atoms with Crippen molar-refractivity contribution in [3.05, 3.63) is 30.1 Å². The highest BCUT2D eigenvalue weighted by Gasteiger charge is 2.14. The smallest absolute Gasteiger partial charge is 0.0469 e. The largest absolute Gasteiger partial charge is 0.381 e. The first-order valence-corrected chi connectivity index (χ1v) is 6.07. The summed E-state index contributed by atoms with van der Waals surface area (Å²) in [6.45, 7) is 5.12. The first-order valence-electron chi connectivity index (χ1n) is 6.07. The minimum absolute atomic E-state index is 0.386. The zero-order valence-corrected chi connectivity index (χ0v) is 9.86. The van der Waals surface area contributed by atoms with Crippen LogP contribution < -0.4 is 5.32 Å². The molecule has 88 valence electrons. The van der Waals surface area contributed by atoms with Gasteiger partial charge >= 0.3 is 0 Å². The van der Waals surface area contributed by atoms with Crippen LogP contribution in [0, 0.1) is 5.92 Å². The third kappa shape index (κ3) is 3.29. The Balaban J connectivity index is 1.77. The van der Waals surface area contributed by atoms with Gasteiger partial charge in [-0.1, -0.05) is 6.07 Å². The second-order valence-corrected chi connectivity index (χ2v) is 4.47. The van der Waals surface area contributed by atoms with Crippen molar-refractivity contribution in [1.29, 1.82) is 0 Å². The average molecular weight is 220 g/mol. The Bertz CT molecular complexity index is 296. The molecule has 3 heteroatoms. The lowest BCUT2D eigenvalue weighted by Gasteiger charge is -2.24. The first-order chi connectivity index (χ1) is 7.86. The van der Waals surface area contributed by atoms with E-state index in [0.29, 0.717) is 6.04 Å². The monoisotopic (exact) mass is 220 g/mol. The lowest BCUT2D eigenvalue weighted by molar-refractivity contribution is 0.0656. The number of pyridine rings is 1. The van der Waals surface area contributed by atoms with Crippen LogP contribution in [0.5, 0.6) is 0 Å². The number of hydrogen-bond acceptors (Lipinski definition) is 3. The summed E-state index contributed by atoms with van der Waals surface area (Å²) in [6, 6.07) is 4.49. The van der Waals surface area contributed by atoms with Gasteiger partial charge in [-0.3, -0.25) is 4.98 Å². The van der Waals surface area contributed by atoms with Crippen LogP contribution in [0.2, 0.25) is 0 Å². The molecule has 0 radical (unpaired) electrons. The van der Waals surface area contributed by atoms with Crippen LogP contribution in [0.15, 0.2) is 24.5 Å². The van der Waals surface area contributed by atoms with Crippen LogP contribution in [0.1, 0.15) is 31.4 Å². The van der Waals surface area contributed by atoms with E-state index in [1.165, 1.54) is 18.4 Å². The highest BCUT2D eigenvalue weighted by atomic mass is 16.5. The van der Waals surface area contributed by atoms with Gasteiger partial charge in [-0.15, -0.1) is 0 Å². The Hall–Kier alpha value is -0.930. The van der Waals surface area contributed by atoms with Crippen LogP contribution >= 0.6 is 0 Å². The van der Waals surface area contributed by atoms with Crippen molar-refractivity contribution in [2.75, 3.05) is 19.8 Å².